The van der Waals surface area contributed by atoms with Gasteiger partial charge in [0.1, 0.15) is 5.76 Å². The molecule has 1 aromatic heterocycles. The highest BCUT2D eigenvalue weighted by Crippen LogP contribution is 2.30. The van der Waals surface area contributed by atoms with Gasteiger partial charge in [-0.05, 0) is 62.9 Å². The Balaban J connectivity index is 1.57. The minimum atomic E-state index is -3.80. The minimum absolute atomic E-state index is 0.145. The van der Waals surface area contributed by atoms with Crippen molar-refractivity contribution >= 4 is 27.3 Å². The number of nitrogens with one attached hydrogen (secondary N) is 2. The summed E-state index contributed by atoms with van der Waals surface area (Å²) in [6, 6.07) is 14.2. The molecule has 2 aromatic carbocycles. The Morgan fingerprint density at radius 2 is 1.73 bits per heavy atom. The van der Waals surface area contributed by atoms with Crippen molar-refractivity contribution in [2.75, 3.05) is 5.32 Å². The summed E-state index contributed by atoms with van der Waals surface area (Å²) in [6.07, 6.45) is 2.93. The maximum atomic E-state index is 12.9. The molecule has 4 rings (SSSR count). The van der Waals surface area contributed by atoms with Crippen LogP contribution in [0.5, 0.6) is 0 Å². The Hall–Kier alpha value is -3.39. The number of hydrogen-bond donors (Lipinski definition) is 2. The molecule has 0 atom stereocenters. The molecule has 3 aromatic rings. The average Bonchev–Trinajstić information content (AvgIpc) is 3.16. The van der Waals surface area contributed by atoms with Crippen molar-refractivity contribution in [2.45, 2.75) is 51.3 Å². The summed E-state index contributed by atoms with van der Waals surface area (Å²) in [5.41, 5.74) is 4.77. The van der Waals surface area contributed by atoms with Gasteiger partial charge in [-0.2, -0.15) is 18.4 Å². The molecule has 0 bridgehead atoms. The summed E-state index contributed by atoms with van der Waals surface area (Å²) in [6.45, 7) is 5.76. The van der Waals surface area contributed by atoms with Crippen LogP contribution in [0.2, 0.25) is 0 Å². The van der Waals surface area contributed by atoms with Gasteiger partial charge in [0.2, 0.25) is 0 Å². The van der Waals surface area contributed by atoms with E-state index in [1.807, 2.05) is 31.2 Å². The lowest BCUT2D eigenvalue weighted by atomic mass is 9.93. The van der Waals surface area contributed by atoms with Gasteiger partial charge in [0.15, 0.2) is 5.76 Å². The largest absolute Gasteiger partial charge is 0.455 e. The zero-order chi connectivity index (χ0) is 23.6. The second-order valence-corrected chi connectivity index (χ2v) is 9.84. The van der Waals surface area contributed by atoms with E-state index >= 15 is 0 Å². The van der Waals surface area contributed by atoms with Crippen LogP contribution in [0.4, 0.5) is 5.69 Å². The van der Waals surface area contributed by atoms with Crippen LogP contribution in [0.1, 0.15) is 58.3 Å². The molecule has 1 aliphatic carbocycles. The van der Waals surface area contributed by atoms with Crippen LogP contribution in [0, 0.1) is 13.8 Å². The van der Waals surface area contributed by atoms with Crippen molar-refractivity contribution in [3.05, 3.63) is 82.3 Å². The summed E-state index contributed by atoms with van der Waals surface area (Å²) in [5, 5.41) is 7.09. The lowest BCUT2D eigenvalue weighted by molar-refractivity contribution is 0.0994. The smallest absolute Gasteiger partial charge is 0.291 e. The number of carbonyl (C=O) groups is 1. The third-order valence-electron chi connectivity index (χ3n) is 5.78. The van der Waals surface area contributed by atoms with E-state index < -0.39 is 10.0 Å². The number of carbonyl (C=O) groups excluding carboxylic acids is 1. The molecule has 0 saturated carbocycles. The van der Waals surface area contributed by atoms with Crippen LogP contribution in [0.3, 0.4) is 0 Å². The highest BCUT2D eigenvalue weighted by molar-refractivity contribution is 7.89. The number of amides is 1. The Bertz CT molecular complexity index is 1300. The summed E-state index contributed by atoms with van der Waals surface area (Å²) in [7, 11) is -3.80. The summed E-state index contributed by atoms with van der Waals surface area (Å²) >= 11 is 0. The van der Waals surface area contributed by atoms with Crippen LogP contribution >= 0.6 is 0 Å². The fourth-order valence-electron chi connectivity index (χ4n) is 3.89. The van der Waals surface area contributed by atoms with Crippen molar-refractivity contribution in [3.8, 4) is 0 Å². The number of rotatable bonds is 6. The lowest BCUT2D eigenvalue weighted by Gasteiger charge is -2.14. The average molecular weight is 466 g/mol. The summed E-state index contributed by atoms with van der Waals surface area (Å²) in [4.78, 5) is 15.4. The molecule has 172 valence electrons. The SMILES string of the molecule is CCc1ccc(NC(=O)c2oc3c(c2C)/C(=N/NS(=O)(=O)c2ccc(C)cc2)CCC3)cc1. The first-order valence-electron chi connectivity index (χ1n) is 11.0. The molecule has 0 radical (unpaired) electrons. The number of sulfonamides is 1. The quantitative estimate of drug-likeness (QED) is 0.514. The zero-order valence-electron chi connectivity index (χ0n) is 18.9. The number of anilines is 1. The van der Waals surface area contributed by atoms with Crippen molar-refractivity contribution in [1.82, 2.24) is 4.83 Å². The third kappa shape index (κ3) is 4.85. The minimum Gasteiger partial charge on any atom is -0.455 e. The number of nitrogens with zero attached hydrogens (tertiary/aromatic N) is 1. The molecular weight excluding hydrogens is 438 g/mol. The fourth-order valence-corrected chi connectivity index (χ4v) is 4.72. The molecule has 1 amide bonds. The van der Waals surface area contributed by atoms with Gasteiger partial charge in [0.25, 0.3) is 15.9 Å². The lowest BCUT2D eigenvalue weighted by Crippen LogP contribution is -2.22. The topological polar surface area (TPSA) is 101 Å². The molecule has 7 nitrogen and oxygen atoms in total. The molecule has 0 spiro atoms. The van der Waals surface area contributed by atoms with Crippen molar-refractivity contribution in [1.29, 1.82) is 0 Å². The van der Waals surface area contributed by atoms with Crippen LogP contribution in [0.25, 0.3) is 0 Å². The monoisotopic (exact) mass is 465 g/mol. The van der Waals surface area contributed by atoms with Crippen molar-refractivity contribution in [3.63, 3.8) is 0 Å². The van der Waals surface area contributed by atoms with E-state index in [1.165, 1.54) is 5.56 Å². The van der Waals surface area contributed by atoms with E-state index in [2.05, 4.69) is 22.2 Å². The number of hydrogen-bond acceptors (Lipinski definition) is 5. The van der Waals surface area contributed by atoms with Gasteiger partial charge in [-0.1, -0.05) is 36.8 Å². The highest BCUT2D eigenvalue weighted by atomic mass is 32.2. The Morgan fingerprint density at radius 1 is 1.03 bits per heavy atom. The molecular formula is C25H27N3O4S. The predicted molar refractivity (Wildman–Crippen MR) is 128 cm³/mol. The zero-order valence-corrected chi connectivity index (χ0v) is 19.8. The van der Waals surface area contributed by atoms with Crippen LogP contribution in [-0.2, 0) is 22.9 Å². The van der Waals surface area contributed by atoms with E-state index in [0.29, 0.717) is 41.1 Å². The molecule has 2 N–H and O–H groups in total. The van der Waals surface area contributed by atoms with E-state index in [-0.39, 0.29) is 16.6 Å². The number of benzene rings is 2. The molecule has 0 aliphatic heterocycles. The normalized spacial score (nSPS) is 14.7. The van der Waals surface area contributed by atoms with Crippen LogP contribution < -0.4 is 10.1 Å². The Labute approximate surface area is 194 Å². The van der Waals surface area contributed by atoms with Crippen molar-refractivity contribution in [2.24, 2.45) is 5.10 Å². The fraction of sp³-hybridized carbons (Fsp3) is 0.280. The predicted octanol–water partition coefficient (Wildman–Crippen LogP) is 4.73. The maximum absolute atomic E-state index is 12.9. The first kappa shape index (κ1) is 22.8. The number of hydrazone groups is 1. The third-order valence-corrected chi connectivity index (χ3v) is 7.01. The highest BCUT2D eigenvalue weighted by Gasteiger charge is 2.28. The molecule has 1 aliphatic rings. The van der Waals surface area contributed by atoms with Gasteiger partial charge >= 0.3 is 0 Å². The number of furan rings is 1. The van der Waals surface area contributed by atoms with Gasteiger partial charge in [-0.15, -0.1) is 0 Å². The summed E-state index contributed by atoms with van der Waals surface area (Å²) in [5.74, 6) is 0.528. The first-order chi connectivity index (χ1) is 15.8. The molecule has 0 saturated heterocycles. The molecule has 8 heteroatoms. The molecule has 0 unspecified atom stereocenters. The standard InChI is InChI=1S/C25H27N3O4S/c1-4-18-10-12-19(13-11-18)26-25(29)24-17(3)23-21(6-5-7-22(23)32-24)27-28-33(30,31)20-14-8-16(2)9-15-20/h8-15,28H,4-7H2,1-3H3,(H,26,29)/b27-21+. The van der Waals surface area contributed by atoms with E-state index in [0.717, 1.165) is 18.4 Å². The number of aryl methyl sites for hydroxylation is 3. The first-order valence-corrected chi connectivity index (χ1v) is 12.4. The van der Waals surface area contributed by atoms with E-state index in [9.17, 15) is 13.2 Å². The van der Waals surface area contributed by atoms with Crippen LogP contribution in [-0.4, -0.2) is 20.0 Å². The van der Waals surface area contributed by atoms with E-state index in [4.69, 9.17) is 4.42 Å². The second-order valence-electron chi connectivity index (χ2n) is 8.18. The summed E-state index contributed by atoms with van der Waals surface area (Å²) < 4.78 is 31.2. The van der Waals surface area contributed by atoms with Gasteiger partial charge < -0.3 is 9.73 Å². The van der Waals surface area contributed by atoms with Gasteiger partial charge in [-0.25, -0.2) is 0 Å². The Morgan fingerprint density at radius 3 is 2.39 bits per heavy atom. The van der Waals surface area contributed by atoms with Gasteiger partial charge in [0, 0.05) is 23.2 Å². The van der Waals surface area contributed by atoms with Gasteiger partial charge in [0.05, 0.1) is 10.6 Å². The van der Waals surface area contributed by atoms with Gasteiger partial charge in [-0.3, -0.25) is 4.79 Å². The Kier molecular flexibility index (Phi) is 6.37. The second kappa shape index (κ2) is 9.23. The number of fused-ring (bicyclic) bond motifs is 1. The van der Waals surface area contributed by atoms with Crippen molar-refractivity contribution < 1.29 is 17.6 Å². The molecule has 1 heterocycles. The van der Waals surface area contributed by atoms with E-state index in [1.54, 1.807) is 31.2 Å². The van der Waals surface area contributed by atoms with Crippen LogP contribution in [0.15, 0.2) is 62.9 Å². The molecule has 33 heavy (non-hydrogen) atoms. The molecule has 0 fully saturated rings. The maximum Gasteiger partial charge on any atom is 0.291 e.